The summed E-state index contributed by atoms with van der Waals surface area (Å²) < 4.78 is 1.80. The quantitative estimate of drug-likeness (QED) is 0.701. The third-order valence-corrected chi connectivity index (χ3v) is 2.11. The number of rotatable bonds is 1. The van der Waals surface area contributed by atoms with Crippen LogP contribution >= 0.6 is 0 Å². The third kappa shape index (κ3) is 1.72. The first-order valence-electron chi connectivity index (χ1n) is 4.60. The van der Waals surface area contributed by atoms with Crippen LogP contribution in [0.4, 0.5) is 0 Å². The Morgan fingerprint density at radius 1 is 1.33 bits per heavy atom. The lowest BCUT2D eigenvalue weighted by Gasteiger charge is -2.03. The maximum atomic E-state index is 8.74. The molecular formula is C11H10N4. The first-order chi connectivity index (χ1) is 7.20. The molecule has 0 aromatic carbocycles. The molecule has 2 rings (SSSR count). The second-order valence-electron chi connectivity index (χ2n) is 3.35. The Hall–Kier alpha value is -2.15. The highest BCUT2D eigenvalue weighted by Gasteiger charge is 2.04. The second kappa shape index (κ2) is 3.54. The van der Waals surface area contributed by atoms with Gasteiger partial charge in [-0.25, -0.2) is 9.67 Å². The van der Waals surface area contributed by atoms with Gasteiger partial charge in [-0.05, 0) is 26.0 Å². The zero-order valence-corrected chi connectivity index (χ0v) is 8.60. The van der Waals surface area contributed by atoms with Crippen molar-refractivity contribution < 1.29 is 0 Å². The number of hydrogen-bond donors (Lipinski definition) is 0. The molecule has 0 aliphatic carbocycles. The minimum atomic E-state index is 0.403. The highest BCUT2D eigenvalue weighted by Crippen LogP contribution is 2.11. The van der Waals surface area contributed by atoms with Gasteiger partial charge in [0.25, 0.3) is 0 Å². The van der Waals surface area contributed by atoms with Crippen LogP contribution in [-0.4, -0.2) is 14.8 Å². The molecule has 0 atom stereocenters. The molecule has 0 unspecified atom stereocenters. The monoisotopic (exact) mass is 198 g/mol. The van der Waals surface area contributed by atoms with Crippen LogP contribution < -0.4 is 0 Å². The predicted octanol–water partition coefficient (Wildman–Crippen LogP) is 1.76. The van der Waals surface area contributed by atoms with Gasteiger partial charge in [0.1, 0.15) is 11.8 Å². The summed E-state index contributed by atoms with van der Waals surface area (Å²) in [5, 5.41) is 13.1. The van der Waals surface area contributed by atoms with E-state index in [1.54, 1.807) is 16.9 Å². The van der Waals surface area contributed by atoms with E-state index in [2.05, 4.69) is 10.1 Å². The molecule has 0 aliphatic rings. The Morgan fingerprint density at radius 2 is 2.13 bits per heavy atom. The van der Waals surface area contributed by atoms with E-state index < -0.39 is 0 Å². The van der Waals surface area contributed by atoms with Gasteiger partial charge >= 0.3 is 0 Å². The minimum Gasteiger partial charge on any atom is -0.245 e. The van der Waals surface area contributed by atoms with Crippen LogP contribution in [0.15, 0.2) is 24.4 Å². The van der Waals surface area contributed by atoms with Crippen LogP contribution in [0.5, 0.6) is 0 Å². The van der Waals surface area contributed by atoms with Crippen LogP contribution in [0.2, 0.25) is 0 Å². The van der Waals surface area contributed by atoms with Gasteiger partial charge in [-0.1, -0.05) is 0 Å². The van der Waals surface area contributed by atoms with Gasteiger partial charge in [0.15, 0.2) is 0 Å². The Labute approximate surface area is 87.8 Å². The Morgan fingerprint density at radius 3 is 2.73 bits per heavy atom. The highest BCUT2D eigenvalue weighted by molar-refractivity contribution is 5.37. The van der Waals surface area contributed by atoms with Crippen molar-refractivity contribution >= 4 is 0 Å². The van der Waals surface area contributed by atoms with Gasteiger partial charge in [-0.15, -0.1) is 0 Å². The Bertz CT molecular complexity index is 534. The molecule has 4 heteroatoms. The molecule has 0 amide bonds. The lowest BCUT2D eigenvalue weighted by Crippen LogP contribution is -1.99. The summed E-state index contributed by atoms with van der Waals surface area (Å²) >= 11 is 0. The second-order valence-corrected chi connectivity index (χ2v) is 3.35. The third-order valence-electron chi connectivity index (χ3n) is 2.11. The Balaban J connectivity index is 2.55. The summed E-state index contributed by atoms with van der Waals surface area (Å²) in [6, 6.07) is 7.56. The predicted molar refractivity (Wildman–Crippen MR) is 55.5 cm³/mol. The highest BCUT2D eigenvalue weighted by atomic mass is 15.3. The fourth-order valence-corrected chi connectivity index (χ4v) is 1.50. The van der Waals surface area contributed by atoms with Crippen molar-refractivity contribution in [3.63, 3.8) is 0 Å². The largest absolute Gasteiger partial charge is 0.245 e. The lowest BCUT2D eigenvalue weighted by atomic mass is 10.3. The van der Waals surface area contributed by atoms with E-state index in [0.29, 0.717) is 5.69 Å². The van der Waals surface area contributed by atoms with Gasteiger partial charge in [0.05, 0.1) is 11.4 Å². The van der Waals surface area contributed by atoms with Crippen LogP contribution in [0.1, 0.15) is 17.1 Å². The van der Waals surface area contributed by atoms with Gasteiger partial charge in [-0.2, -0.15) is 10.4 Å². The van der Waals surface area contributed by atoms with Gasteiger partial charge in [-0.3, -0.25) is 0 Å². The normalized spacial score (nSPS) is 9.93. The van der Waals surface area contributed by atoms with E-state index in [4.69, 9.17) is 5.26 Å². The van der Waals surface area contributed by atoms with E-state index in [0.717, 1.165) is 17.1 Å². The molecule has 0 aliphatic heterocycles. The molecule has 0 bridgehead atoms. The number of aromatic nitrogens is 3. The molecule has 2 aromatic heterocycles. The van der Waals surface area contributed by atoms with Crippen LogP contribution in [0.25, 0.3) is 5.69 Å². The smallest absolute Gasteiger partial charge is 0.142 e. The molecule has 0 fully saturated rings. The van der Waals surface area contributed by atoms with E-state index in [9.17, 15) is 0 Å². The Kier molecular flexibility index (Phi) is 2.22. The summed E-state index contributed by atoms with van der Waals surface area (Å²) in [6.07, 6.45) is 1.62. The fourth-order valence-electron chi connectivity index (χ4n) is 1.50. The minimum absolute atomic E-state index is 0.403. The summed E-state index contributed by atoms with van der Waals surface area (Å²) in [5.41, 5.74) is 3.28. The molecule has 0 saturated heterocycles. The van der Waals surface area contributed by atoms with E-state index in [1.807, 2.05) is 32.0 Å². The molecule has 0 saturated carbocycles. The van der Waals surface area contributed by atoms with E-state index in [-0.39, 0.29) is 0 Å². The van der Waals surface area contributed by atoms with Crippen LogP contribution in [0, 0.1) is 25.2 Å². The first-order valence-corrected chi connectivity index (χ1v) is 4.60. The van der Waals surface area contributed by atoms with Gasteiger partial charge in [0.2, 0.25) is 0 Å². The molecule has 0 radical (unpaired) electrons. The van der Waals surface area contributed by atoms with Crippen molar-refractivity contribution in [2.75, 3.05) is 0 Å². The number of nitrogens with zero attached hydrogens (tertiary/aromatic N) is 4. The molecule has 0 spiro atoms. The van der Waals surface area contributed by atoms with Crippen LogP contribution in [-0.2, 0) is 0 Å². The fraction of sp³-hybridized carbons (Fsp3) is 0.182. The van der Waals surface area contributed by atoms with Crippen molar-refractivity contribution in [1.82, 2.24) is 14.8 Å². The van der Waals surface area contributed by atoms with Crippen molar-refractivity contribution in [1.29, 1.82) is 5.26 Å². The molecule has 0 N–H and O–H groups in total. The zero-order valence-electron chi connectivity index (χ0n) is 8.60. The first kappa shape index (κ1) is 9.41. The molecule has 2 heterocycles. The van der Waals surface area contributed by atoms with E-state index in [1.165, 1.54) is 0 Å². The molecule has 15 heavy (non-hydrogen) atoms. The molecular weight excluding hydrogens is 188 g/mol. The molecule has 2 aromatic rings. The van der Waals surface area contributed by atoms with Crippen LogP contribution in [0.3, 0.4) is 0 Å². The average molecular weight is 198 g/mol. The lowest BCUT2D eigenvalue weighted by molar-refractivity contribution is 0.831. The zero-order chi connectivity index (χ0) is 10.8. The van der Waals surface area contributed by atoms with Crippen molar-refractivity contribution in [3.8, 4) is 11.8 Å². The number of hydrogen-bond acceptors (Lipinski definition) is 3. The van der Waals surface area contributed by atoms with Crippen molar-refractivity contribution in [3.05, 3.63) is 41.5 Å². The topological polar surface area (TPSA) is 54.5 Å². The summed E-state index contributed by atoms with van der Waals surface area (Å²) in [7, 11) is 0. The summed E-state index contributed by atoms with van der Waals surface area (Å²) in [4.78, 5) is 3.92. The standard InChI is InChI=1S/C11H10N4/c1-8-5-9(2)15(14-8)11-3-4-13-10(6-11)7-12/h3-6H,1-2H3. The van der Waals surface area contributed by atoms with Crippen molar-refractivity contribution in [2.24, 2.45) is 0 Å². The van der Waals surface area contributed by atoms with Gasteiger partial charge in [0, 0.05) is 18.0 Å². The molecule has 4 nitrogen and oxygen atoms in total. The maximum Gasteiger partial charge on any atom is 0.142 e. The number of aryl methyl sites for hydroxylation is 2. The number of pyridine rings is 1. The van der Waals surface area contributed by atoms with Gasteiger partial charge < -0.3 is 0 Å². The summed E-state index contributed by atoms with van der Waals surface area (Å²) in [6.45, 7) is 3.92. The SMILES string of the molecule is Cc1cc(C)n(-c2ccnc(C#N)c2)n1. The van der Waals surface area contributed by atoms with E-state index >= 15 is 0 Å². The average Bonchev–Trinajstić information content (AvgIpc) is 2.58. The summed E-state index contributed by atoms with van der Waals surface area (Å²) in [5.74, 6) is 0. The van der Waals surface area contributed by atoms with Crippen molar-refractivity contribution in [2.45, 2.75) is 13.8 Å². The molecule has 74 valence electrons. The maximum absolute atomic E-state index is 8.74. The number of nitriles is 1.